The number of carbonyl (C=O) groups excluding carboxylic acids is 1. The molecule has 1 saturated heterocycles. The van der Waals surface area contributed by atoms with Gasteiger partial charge in [-0.05, 0) is 36.0 Å². The van der Waals surface area contributed by atoms with Crippen LogP contribution >= 0.6 is 0 Å². The minimum atomic E-state index is -4.87. The van der Waals surface area contributed by atoms with Gasteiger partial charge in [-0.25, -0.2) is 0 Å². The van der Waals surface area contributed by atoms with Crippen LogP contribution in [0.5, 0.6) is 23.0 Å². The molecule has 0 aliphatic carbocycles. The molecule has 0 saturated carbocycles. The number of methoxy groups -OCH3 is 2. The average Bonchev–Trinajstić information content (AvgIpc) is 2.75. The lowest BCUT2D eigenvalue weighted by Crippen LogP contribution is -2.53. The van der Waals surface area contributed by atoms with Crippen molar-refractivity contribution in [2.45, 2.75) is 38.6 Å². The highest BCUT2D eigenvalue weighted by molar-refractivity contribution is 5.64. The molecule has 2 aromatic rings. The Labute approximate surface area is 197 Å². The minimum Gasteiger partial charge on any atom is -0.507 e. The summed E-state index contributed by atoms with van der Waals surface area (Å²) in [5.41, 5.74) is -0.646. The van der Waals surface area contributed by atoms with E-state index in [4.69, 9.17) is 9.47 Å². The van der Waals surface area contributed by atoms with Crippen molar-refractivity contribution in [3.8, 4) is 23.0 Å². The van der Waals surface area contributed by atoms with E-state index in [0.717, 1.165) is 6.42 Å². The van der Waals surface area contributed by atoms with E-state index in [1.165, 1.54) is 38.5 Å². The molecule has 0 spiro atoms. The number of rotatable bonds is 8. The molecule has 1 aliphatic heterocycles. The normalized spacial score (nSPS) is 20.9. The van der Waals surface area contributed by atoms with Crippen molar-refractivity contribution in [3.05, 3.63) is 47.5 Å². The summed E-state index contributed by atoms with van der Waals surface area (Å²) >= 11 is 0. The van der Waals surface area contributed by atoms with Crippen molar-refractivity contribution in [1.29, 1.82) is 0 Å². The SMILES string of the molecule is COc1cc(O)c(C(CC=O)(c2cccc(OC(F)(F)F)c2)N2CC(C)CC(C)C2)c(OC)c1. The zero-order chi connectivity index (χ0) is 25.1. The number of phenolic OH excluding ortho intramolecular Hbond substituents is 1. The van der Waals surface area contributed by atoms with Crippen LogP contribution in [0, 0.1) is 11.8 Å². The van der Waals surface area contributed by atoms with Gasteiger partial charge >= 0.3 is 6.36 Å². The number of carbonyl (C=O) groups is 1. The monoisotopic (exact) mass is 481 g/mol. The van der Waals surface area contributed by atoms with Crippen LogP contribution < -0.4 is 14.2 Å². The van der Waals surface area contributed by atoms with Crippen LogP contribution in [0.2, 0.25) is 0 Å². The molecule has 0 bridgehead atoms. The summed E-state index contributed by atoms with van der Waals surface area (Å²) in [6.45, 7) is 5.31. The fourth-order valence-corrected chi connectivity index (χ4v) is 5.15. The highest BCUT2D eigenvalue weighted by atomic mass is 19.4. The summed E-state index contributed by atoms with van der Waals surface area (Å²) in [7, 11) is 2.87. The molecule has 3 unspecified atom stereocenters. The Kier molecular flexibility index (Phi) is 7.65. The molecule has 1 N–H and O–H groups in total. The van der Waals surface area contributed by atoms with Gasteiger partial charge in [0, 0.05) is 31.6 Å². The molecule has 1 heterocycles. The zero-order valence-corrected chi connectivity index (χ0v) is 19.7. The van der Waals surface area contributed by atoms with Gasteiger partial charge in [-0.3, -0.25) is 4.90 Å². The molecule has 0 radical (unpaired) electrons. The van der Waals surface area contributed by atoms with E-state index in [-0.39, 0.29) is 35.3 Å². The highest BCUT2D eigenvalue weighted by Gasteiger charge is 2.47. The number of aldehydes is 1. The molecule has 6 nitrogen and oxygen atoms in total. The van der Waals surface area contributed by atoms with Gasteiger partial charge in [0.1, 0.15) is 29.3 Å². The molecule has 1 fully saturated rings. The molecule has 0 amide bonds. The first-order valence-corrected chi connectivity index (χ1v) is 11.0. The third-order valence-electron chi connectivity index (χ3n) is 6.26. The van der Waals surface area contributed by atoms with Gasteiger partial charge in [0.05, 0.1) is 25.3 Å². The molecule has 9 heteroatoms. The first-order valence-electron chi connectivity index (χ1n) is 11.0. The molecular weight excluding hydrogens is 451 g/mol. The molecule has 2 aromatic carbocycles. The van der Waals surface area contributed by atoms with Crippen LogP contribution in [0.4, 0.5) is 13.2 Å². The van der Waals surface area contributed by atoms with Crippen molar-refractivity contribution in [2.75, 3.05) is 27.3 Å². The number of aromatic hydroxyl groups is 1. The summed E-state index contributed by atoms with van der Waals surface area (Å²) in [5, 5.41) is 11.2. The third kappa shape index (κ3) is 5.24. The Morgan fingerprint density at radius 1 is 1.06 bits per heavy atom. The maximum atomic E-state index is 13.0. The Morgan fingerprint density at radius 3 is 2.29 bits per heavy atom. The lowest BCUT2D eigenvalue weighted by molar-refractivity contribution is -0.274. The molecule has 3 atom stereocenters. The number of benzene rings is 2. The zero-order valence-electron chi connectivity index (χ0n) is 19.7. The Bertz CT molecular complexity index is 1000. The van der Waals surface area contributed by atoms with E-state index in [2.05, 4.69) is 23.5 Å². The second-order valence-electron chi connectivity index (χ2n) is 8.88. The van der Waals surface area contributed by atoms with Gasteiger partial charge in [0.25, 0.3) is 0 Å². The summed E-state index contributed by atoms with van der Waals surface area (Å²) in [6, 6.07) is 8.55. The second-order valence-corrected chi connectivity index (χ2v) is 8.88. The Morgan fingerprint density at radius 2 is 1.74 bits per heavy atom. The van der Waals surface area contributed by atoms with Crippen molar-refractivity contribution >= 4 is 6.29 Å². The number of alkyl halides is 3. The van der Waals surface area contributed by atoms with Crippen molar-refractivity contribution in [3.63, 3.8) is 0 Å². The van der Waals surface area contributed by atoms with Crippen LogP contribution in [-0.2, 0) is 10.3 Å². The van der Waals surface area contributed by atoms with Gasteiger partial charge in [0.2, 0.25) is 0 Å². The first-order chi connectivity index (χ1) is 16.0. The van der Waals surface area contributed by atoms with Gasteiger partial charge in [-0.15, -0.1) is 13.2 Å². The molecule has 3 rings (SSSR count). The Hall–Kier alpha value is -2.94. The van der Waals surface area contributed by atoms with Crippen LogP contribution in [0.3, 0.4) is 0 Å². The topological polar surface area (TPSA) is 68.2 Å². The van der Waals surface area contributed by atoms with Gasteiger partial charge in [-0.1, -0.05) is 26.0 Å². The number of phenols is 1. The van der Waals surface area contributed by atoms with Crippen molar-refractivity contribution in [1.82, 2.24) is 4.90 Å². The smallest absolute Gasteiger partial charge is 0.507 e. The van der Waals surface area contributed by atoms with E-state index < -0.39 is 17.7 Å². The number of nitrogens with zero attached hydrogens (tertiary/aromatic N) is 1. The lowest BCUT2D eigenvalue weighted by Gasteiger charge is -2.49. The molecule has 1 aliphatic rings. The van der Waals surface area contributed by atoms with E-state index in [0.29, 0.717) is 30.7 Å². The number of hydrogen-bond acceptors (Lipinski definition) is 6. The molecule has 0 aromatic heterocycles. The lowest BCUT2D eigenvalue weighted by atomic mass is 9.75. The number of halogens is 3. The molecule has 34 heavy (non-hydrogen) atoms. The summed E-state index contributed by atoms with van der Waals surface area (Å²) in [4.78, 5) is 14.2. The number of likely N-dealkylation sites (tertiary alicyclic amines) is 1. The van der Waals surface area contributed by atoms with Crippen molar-refractivity contribution in [2.24, 2.45) is 11.8 Å². The standard InChI is InChI=1S/C25H30F3NO5/c1-16-10-17(2)15-29(14-16)24(8-9-30,18-6-5-7-19(11-18)34-25(26,27)28)23-21(31)12-20(32-3)13-22(23)33-4/h5-7,9,11-13,16-17,31H,8,10,14-15H2,1-4H3. The van der Waals surface area contributed by atoms with E-state index >= 15 is 0 Å². The Balaban J connectivity index is 2.34. The second kappa shape index (κ2) is 10.1. The largest absolute Gasteiger partial charge is 0.573 e. The summed E-state index contributed by atoms with van der Waals surface area (Å²) in [5.74, 6) is 0.516. The molecule has 186 valence electrons. The quantitative estimate of drug-likeness (QED) is 0.528. The number of hydrogen-bond donors (Lipinski definition) is 1. The minimum absolute atomic E-state index is 0.127. The van der Waals surface area contributed by atoms with Gasteiger partial charge in [0.15, 0.2) is 0 Å². The molecular formula is C25H30F3NO5. The van der Waals surface area contributed by atoms with E-state index in [1.54, 1.807) is 12.1 Å². The predicted octanol–water partition coefficient (Wildman–Crippen LogP) is 5.12. The van der Waals surface area contributed by atoms with Crippen LogP contribution in [0.1, 0.15) is 37.8 Å². The predicted molar refractivity (Wildman–Crippen MR) is 120 cm³/mol. The van der Waals surface area contributed by atoms with E-state index in [1.807, 2.05) is 0 Å². The van der Waals surface area contributed by atoms with Gasteiger partial charge in [-0.2, -0.15) is 0 Å². The van der Waals surface area contributed by atoms with Crippen LogP contribution in [0.15, 0.2) is 36.4 Å². The first kappa shape index (κ1) is 25.7. The fraction of sp³-hybridized carbons (Fsp3) is 0.480. The number of ether oxygens (including phenoxy) is 3. The maximum absolute atomic E-state index is 13.0. The van der Waals surface area contributed by atoms with Crippen LogP contribution in [-0.4, -0.2) is 50.0 Å². The van der Waals surface area contributed by atoms with Crippen LogP contribution in [0.25, 0.3) is 0 Å². The van der Waals surface area contributed by atoms with Crippen molar-refractivity contribution < 1.29 is 37.3 Å². The van der Waals surface area contributed by atoms with E-state index in [9.17, 15) is 23.1 Å². The summed E-state index contributed by atoms with van der Waals surface area (Å²) in [6.07, 6.45) is -3.32. The van der Waals surface area contributed by atoms with Gasteiger partial charge < -0.3 is 24.1 Å². The average molecular weight is 482 g/mol. The fourth-order valence-electron chi connectivity index (χ4n) is 5.15. The third-order valence-corrected chi connectivity index (χ3v) is 6.26. The summed E-state index contributed by atoms with van der Waals surface area (Å²) < 4.78 is 54.0. The maximum Gasteiger partial charge on any atom is 0.573 e. The highest BCUT2D eigenvalue weighted by Crippen LogP contribution is 2.50. The number of piperidine rings is 1.